The number of likely N-dealkylation sites (N-methyl/N-ethyl adjacent to an activating group) is 1. The van der Waals surface area contributed by atoms with Crippen molar-refractivity contribution in [1.29, 1.82) is 5.26 Å². The number of benzene rings is 1. The fourth-order valence-corrected chi connectivity index (χ4v) is 2.29. The summed E-state index contributed by atoms with van der Waals surface area (Å²) in [5.41, 5.74) is 1.29. The van der Waals surface area contributed by atoms with Crippen molar-refractivity contribution in [2.45, 2.75) is 13.8 Å². The van der Waals surface area contributed by atoms with Crippen molar-refractivity contribution in [2.24, 2.45) is 4.99 Å². The molecule has 7 heteroatoms. The van der Waals surface area contributed by atoms with Gasteiger partial charge in [-0.15, -0.1) is 0 Å². The smallest absolute Gasteiger partial charge is 0.251 e. The monoisotopic (exact) mass is 333 g/mol. The molecule has 0 heterocycles. The first kappa shape index (κ1) is 19.0. The quantitative estimate of drug-likeness (QED) is 0.346. The minimum Gasteiger partial charge on any atom is -0.351 e. The van der Waals surface area contributed by atoms with Crippen molar-refractivity contribution in [3.63, 3.8) is 0 Å². The number of hydrogen-bond acceptors (Lipinski definition) is 5. The van der Waals surface area contributed by atoms with Crippen LogP contribution in [0.1, 0.15) is 24.2 Å². The van der Waals surface area contributed by atoms with Gasteiger partial charge in [0.05, 0.1) is 5.69 Å². The van der Waals surface area contributed by atoms with Gasteiger partial charge < -0.3 is 10.2 Å². The van der Waals surface area contributed by atoms with E-state index in [0.717, 1.165) is 19.6 Å². The van der Waals surface area contributed by atoms with Crippen LogP contribution in [0.5, 0.6) is 0 Å². The molecule has 0 saturated carbocycles. The molecule has 1 rings (SSSR count). The van der Waals surface area contributed by atoms with Gasteiger partial charge in [0.1, 0.15) is 0 Å². The summed E-state index contributed by atoms with van der Waals surface area (Å²) in [7, 11) is 0. The largest absolute Gasteiger partial charge is 0.351 e. The molecule has 0 fully saturated rings. The number of amidine groups is 1. The molecule has 2 N–H and O–H groups in total. The second-order valence-corrected chi connectivity index (χ2v) is 5.48. The molecule has 0 aliphatic carbocycles. The van der Waals surface area contributed by atoms with Crippen LogP contribution in [0, 0.1) is 11.5 Å². The number of rotatable bonds is 7. The molecule has 0 spiro atoms. The second kappa shape index (κ2) is 10.6. The Morgan fingerprint density at radius 2 is 1.96 bits per heavy atom. The molecule has 1 aromatic rings. The lowest BCUT2D eigenvalue weighted by molar-refractivity contribution is 0.0949. The van der Waals surface area contributed by atoms with E-state index in [9.17, 15) is 4.79 Å². The zero-order chi connectivity index (χ0) is 17.1. The maximum atomic E-state index is 12.1. The lowest BCUT2D eigenvalue weighted by atomic mass is 10.2. The van der Waals surface area contributed by atoms with Crippen LogP contribution in [0.4, 0.5) is 5.69 Å². The zero-order valence-electron chi connectivity index (χ0n) is 13.8. The Kier molecular flexibility index (Phi) is 8.80. The molecule has 0 saturated heterocycles. The van der Waals surface area contributed by atoms with Crippen LogP contribution in [0.2, 0.25) is 0 Å². The van der Waals surface area contributed by atoms with Gasteiger partial charge in [0, 0.05) is 18.7 Å². The van der Waals surface area contributed by atoms with Crippen LogP contribution < -0.4 is 10.6 Å². The SMILES string of the molecule is CCN(CC)CCNC(=O)c1ccc(N=C(NC#N)SC)cc1. The highest BCUT2D eigenvalue weighted by atomic mass is 32.2. The van der Waals surface area contributed by atoms with E-state index in [1.165, 1.54) is 11.8 Å². The molecule has 0 unspecified atom stereocenters. The van der Waals surface area contributed by atoms with E-state index >= 15 is 0 Å². The lowest BCUT2D eigenvalue weighted by Gasteiger charge is -2.17. The number of nitrogens with one attached hydrogen (secondary N) is 2. The average molecular weight is 333 g/mol. The maximum Gasteiger partial charge on any atom is 0.251 e. The first-order valence-corrected chi connectivity index (χ1v) is 8.75. The highest BCUT2D eigenvalue weighted by Crippen LogP contribution is 2.15. The molecule has 23 heavy (non-hydrogen) atoms. The summed E-state index contributed by atoms with van der Waals surface area (Å²) in [5.74, 6) is -0.0899. The van der Waals surface area contributed by atoms with E-state index in [1.807, 2.05) is 12.4 Å². The fraction of sp³-hybridized carbons (Fsp3) is 0.438. The van der Waals surface area contributed by atoms with Crippen molar-refractivity contribution in [3.8, 4) is 6.19 Å². The van der Waals surface area contributed by atoms with Crippen LogP contribution in [0.3, 0.4) is 0 Å². The van der Waals surface area contributed by atoms with Gasteiger partial charge in [-0.3, -0.25) is 10.1 Å². The minimum atomic E-state index is -0.0899. The number of carbonyl (C=O) groups is 1. The first-order chi connectivity index (χ1) is 11.1. The molecule has 0 radical (unpaired) electrons. The molecule has 0 bridgehead atoms. The van der Waals surface area contributed by atoms with Gasteiger partial charge >= 0.3 is 0 Å². The molecule has 0 aromatic heterocycles. The Labute approximate surface area is 142 Å². The second-order valence-electron chi connectivity index (χ2n) is 4.69. The fourth-order valence-electron chi connectivity index (χ4n) is 1.95. The van der Waals surface area contributed by atoms with Crippen molar-refractivity contribution in [2.75, 3.05) is 32.4 Å². The van der Waals surface area contributed by atoms with Gasteiger partial charge in [-0.25, -0.2) is 4.99 Å². The van der Waals surface area contributed by atoms with Gasteiger partial charge in [-0.2, -0.15) is 5.26 Å². The topological polar surface area (TPSA) is 80.5 Å². The minimum absolute atomic E-state index is 0.0899. The summed E-state index contributed by atoms with van der Waals surface area (Å²) in [4.78, 5) is 18.6. The summed E-state index contributed by atoms with van der Waals surface area (Å²) >= 11 is 1.35. The normalized spacial score (nSPS) is 11.2. The predicted octanol–water partition coefficient (Wildman–Crippen LogP) is 2.18. The van der Waals surface area contributed by atoms with E-state index in [-0.39, 0.29) is 5.91 Å². The summed E-state index contributed by atoms with van der Waals surface area (Å²) in [6.07, 6.45) is 3.67. The highest BCUT2D eigenvalue weighted by Gasteiger charge is 2.06. The van der Waals surface area contributed by atoms with Crippen LogP contribution in [-0.4, -0.2) is 48.4 Å². The molecule has 0 aliphatic rings. The third-order valence-corrected chi connectivity index (χ3v) is 3.90. The lowest BCUT2D eigenvalue weighted by Crippen LogP contribution is -2.34. The van der Waals surface area contributed by atoms with Crippen LogP contribution in [-0.2, 0) is 0 Å². The van der Waals surface area contributed by atoms with Crippen LogP contribution in [0.25, 0.3) is 0 Å². The predicted molar refractivity (Wildman–Crippen MR) is 95.9 cm³/mol. The third-order valence-electron chi connectivity index (χ3n) is 3.32. The summed E-state index contributed by atoms with van der Waals surface area (Å²) in [6.45, 7) is 7.64. The zero-order valence-corrected chi connectivity index (χ0v) is 14.6. The first-order valence-electron chi connectivity index (χ1n) is 7.53. The number of amides is 1. The number of aliphatic imine (C=N–C) groups is 1. The molecule has 124 valence electrons. The van der Waals surface area contributed by atoms with E-state index < -0.39 is 0 Å². The average Bonchev–Trinajstić information content (AvgIpc) is 2.58. The van der Waals surface area contributed by atoms with Gasteiger partial charge in [0.2, 0.25) is 0 Å². The van der Waals surface area contributed by atoms with Crippen LogP contribution in [0.15, 0.2) is 29.3 Å². The third kappa shape index (κ3) is 6.72. The standard InChI is InChI=1S/C16H23N5OS/c1-4-21(5-2)11-10-18-15(22)13-6-8-14(9-7-13)20-16(23-3)19-12-17/h6-9H,4-5,10-11H2,1-3H3,(H,18,22)(H,19,20). The number of carbonyl (C=O) groups excluding carboxylic acids is 1. The Hall–Kier alpha value is -2.04. The maximum absolute atomic E-state index is 12.1. The number of hydrogen-bond donors (Lipinski definition) is 2. The number of nitrogens with zero attached hydrogens (tertiary/aromatic N) is 3. The molecule has 0 atom stereocenters. The van der Waals surface area contributed by atoms with Crippen LogP contribution >= 0.6 is 11.8 Å². The van der Waals surface area contributed by atoms with E-state index in [0.29, 0.717) is 23.0 Å². The molecule has 6 nitrogen and oxygen atoms in total. The molecule has 1 aromatic carbocycles. The van der Waals surface area contributed by atoms with Crippen molar-refractivity contribution >= 4 is 28.5 Å². The van der Waals surface area contributed by atoms with E-state index in [2.05, 4.69) is 34.4 Å². The molecule has 0 aliphatic heterocycles. The molecular formula is C16H23N5OS. The number of thioether (sulfide) groups is 1. The van der Waals surface area contributed by atoms with Gasteiger partial charge in [0.15, 0.2) is 11.4 Å². The molecule has 1 amide bonds. The summed E-state index contributed by atoms with van der Waals surface area (Å²) in [5, 5.41) is 14.5. The van der Waals surface area contributed by atoms with Gasteiger partial charge in [0.25, 0.3) is 5.91 Å². The summed E-state index contributed by atoms with van der Waals surface area (Å²) in [6, 6.07) is 6.98. The Balaban J connectivity index is 2.59. The van der Waals surface area contributed by atoms with Gasteiger partial charge in [-0.1, -0.05) is 25.6 Å². The summed E-state index contributed by atoms with van der Waals surface area (Å²) < 4.78 is 0. The van der Waals surface area contributed by atoms with Crippen molar-refractivity contribution in [3.05, 3.63) is 29.8 Å². The Morgan fingerprint density at radius 3 is 2.48 bits per heavy atom. The van der Waals surface area contributed by atoms with E-state index in [4.69, 9.17) is 5.26 Å². The molecular weight excluding hydrogens is 310 g/mol. The van der Waals surface area contributed by atoms with E-state index in [1.54, 1.807) is 24.3 Å². The number of nitriles is 1. The highest BCUT2D eigenvalue weighted by molar-refractivity contribution is 8.13. The Morgan fingerprint density at radius 1 is 1.30 bits per heavy atom. The van der Waals surface area contributed by atoms with Crippen molar-refractivity contribution in [1.82, 2.24) is 15.5 Å². The van der Waals surface area contributed by atoms with Crippen molar-refractivity contribution < 1.29 is 4.79 Å². The Bertz CT molecular complexity index is 561. The van der Waals surface area contributed by atoms with Gasteiger partial charge in [-0.05, 0) is 43.6 Å².